The Balaban J connectivity index is 2.15. The van der Waals surface area contributed by atoms with Gasteiger partial charge in [-0.3, -0.25) is 0 Å². The molecule has 4 rings (SSSR count). The Morgan fingerprint density at radius 2 is 0.857 bits per heavy atom. The molecule has 0 aliphatic heterocycles. The second kappa shape index (κ2) is 12.9. The third kappa shape index (κ3) is 6.94. The summed E-state index contributed by atoms with van der Waals surface area (Å²) in [4.78, 5) is 4.08. The first kappa shape index (κ1) is 25.4. The van der Waals surface area contributed by atoms with Crippen molar-refractivity contribution in [2.24, 2.45) is 0 Å². The molecule has 0 saturated carbocycles. The van der Waals surface area contributed by atoms with E-state index >= 15 is 0 Å². The Labute approximate surface area is 219 Å². The molecule has 1 aliphatic carbocycles. The summed E-state index contributed by atoms with van der Waals surface area (Å²) < 4.78 is 3.14. The van der Waals surface area contributed by atoms with Crippen LogP contribution in [-0.4, -0.2) is 0 Å². The molecule has 3 aromatic heterocycles. The summed E-state index contributed by atoms with van der Waals surface area (Å²) in [6, 6.07) is 6.69. The molecule has 0 aromatic carbocycles. The highest BCUT2D eigenvalue weighted by molar-refractivity contribution is 7.10. The normalized spacial score (nSPS) is 11.2. The first-order valence-electron chi connectivity index (χ1n) is 12.6. The van der Waals surface area contributed by atoms with Gasteiger partial charge in [0.15, 0.2) is 0 Å². The van der Waals surface area contributed by atoms with E-state index in [2.05, 4.69) is 84.8 Å². The van der Waals surface area contributed by atoms with Crippen LogP contribution < -0.4 is 29.3 Å². The van der Waals surface area contributed by atoms with E-state index < -0.39 is 0 Å². The van der Waals surface area contributed by atoms with Crippen LogP contribution in [0.3, 0.4) is 0 Å². The zero-order chi connectivity index (χ0) is 24.5. The van der Waals surface area contributed by atoms with Crippen molar-refractivity contribution in [3.05, 3.63) is 73.5 Å². The quantitative estimate of drug-likeness (QED) is 0.290. The van der Waals surface area contributed by atoms with Crippen LogP contribution in [0.2, 0.25) is 0 Å². The van der Waals surface area contributed by atoms with Gasteiger partial charge in [0, 0.05) is 14.6 Å². The van der Waals surface area contributed by atoms with Crippen molar-refractivity contribution in [2.45, 2.75) is 78.6 Å². The van der Waals surface area contributed by atoms with Crippen LogP contribution in [0.25, 0.3) is 34.4 Å². The van der Waals surface area contributed by atoms with Gasteiger partial charge in [0.25, 0.3) is 0 Å². The van der Waals surface area contributed by atoms with Crippen LogP contribution in [0.1, 0.15) is 73.9 Å². The summed E-state index contributed by atoms with van der Waals surface area (Å²) in [5.41, 5.74) is 26.6. The number of aryl methyl sites for hydroxylation is 3. The van der Waals surface area contributed by atoms with Gasteiger partial charge in [-0.1, -0.05) is 57.2 Å². The fraction of sp³-hybridized carbons (Fsp3) is 0.375. The highest BCUT2D eigenvalue weighted by atomic mass is 32.1. The molecule has 3 heteroatoms. The molecule has 0 spiro atoms. The van der Waals surface area contributed by atoms with Gasteiger partial charge >= 0.3 is 0 Å². The minimum atomic E-state index is 1.00. The summed E-state index contributed by atoms with van der Waals surface area (Å²) >= 11 is 5.34. The molecular weight excluding hydrogens is 481 g/mol. The SMILES string of the molecule is CCCCc1cc2c(s1)=C=C=C=C=c1cc(CCCC)sc1=C=C=c1sc(CCCC)cc1=C=C=2. The van der Waals surface area contributed by atoms with Crippen molar-refractivity contribution in [2.75, 3.05) is 0 Å². The van der Waals surface area contributed by atoms with Crippen molar-refractivity contribution >= 4 is 68.4 Å². The average molecular weight is 511 g/mol. The number of thiophene rings is 3. The maximum atomic E-state index is 3.47. The molecule has 0 fully saturated rings. The zero-order valence-electron chi connectivity index (χ0n) is 20.8. The summed E-state index contributed by atoms with van der Waals surface area (Å²) in [6.07, 6.45) is 10.4. The van der Waals surface area contributed by atoms with Crippen molar-refractivity contribution in [3.8, 4) is 0 Å². The van der Waals surface area contributed by atoms with E-state index in [1.165, 1.54) is 53.2 Å². The summed E-state index contributed by atoms with van der Waals surface area (Å²) in [5.74, 6) is 0. The van der Waals surface area contributed by atoms with E-state index in [0.717, 1.165) is 48.5 Å². The number of hydrogen-bond acceptors (Lipinski definition) is 3. The Kier molecular flexibility index (Phi) is 9.35. The van der Waals surface area contributed by atoms with Crippen LogP contribution in [0.5, 0.6) is 0 Å². The zero-order valence-corrected chi connectivity index (χ0v) is 23.3. The van der Waals surface area contributed by atoms with Crippen molar-refractivity contribution in [1.29, 1.82) is 0 Å². The Hall–Kier alpha value is -2.66. The van der Waals surface area contributed by atoms with Gasteiger partial charge in [-0.2, -0.15) is 0 Å². The minimum Gasteiger partial charge on any atom is -0.130 e. The lowest BCUT2D eigenvalue weighted by molar-refractivity contribution is 0.804. The predicted molar refractivity (Wildman–Crippen MR) is 154 cm³/mol. The molecule has 35 heavy (non-hydrogen) atoms. The molecule has 0 nitrogen and oxygen atoms in total. The molecule has 0 bridgehead atoms. The highest BCUT2D eigenvalue weighted by Gasteiger charge is 2.00. The lowest BCUT2D eigenvalue weighted by atomic mass is 10.2. The van der Waals surface area contributed by atoms with Gasteiger partial charge in [0.1, 0.15) is 0 Å². The summed E-state index contributed by atoms with van der Waals surface area (Å²) in [5, 5.41) is 3.07. The average Bonchev–Trinajstić information content (AvgIpc) is 3.56. The second-order valence-corrected chi connectivity index (χ2v) is 12.1. The molecule has 0 amide bonds. The van der Waals surface area contributed by atoms with Gasteiger partial charge < -0.3 is 0 Å². The molecule has 3 heterocycles. The van der Waals surface area contributed by atoms with Gasteiger partial charge in [-0.25, -0.2) is 0 Å². The minimum absolute atomic E-state index is 1.00. The van der Waals surface area contributed by atoms with Crippen LogP contribution in [0, 0.1) is 0 Å². The van der Waals surface area contributed by atoms with E-state index in [9.17, 15) is 0 Å². The number of rotatable bonds is 9. The highest BCUT2D eigenvalue weighted by Crippen LogP contribution is 2.07. The fourth-order valence-electron chi connectivity index (χ4n) is 3.74. The maximum absolute atomic E-state index is 3.47. The van der Waals surface area contributed by atoms with Crippen LogP contribution in [0.4, 0.5) is 0 Å². The summed E-state index contributed by atoms with van der Waals surface area (Å²) in [6.45, 7) is 6.70. The molecule has 0 saturated heterocycles. The predicted octanol–water partition coefficient (Wildman–Crippen LogP) is 4.57. The van der Waals surface area contributed by atoms with Crippen molar-refractivity contribution < 1.29 is 0 Å². The van der Waals surface area contributed by atoms with Gasteiger partial charge in [-0.05, 0) is 85.4 Å². The number of fused-ring (bicyclic) bond motifs is 3. The van der Waals surface area contributed by atoms with E-state index in [1.54, 1.807) is 34.0 Å². The Morgan fingerprint density at radius 1 is 0.486 bits per heavy atom. The maximum Gasteiger partial charge on any atom is 0.0938 e. The monoisotopic (exact) mass is 510 g/mol. The second-order valence-electron chi connectivity index (χ2n) is 8.68. The number of unbranched alkanes of at least 4 members (excludes halogenated alkanes) is 3. The number of hydrogen-bond donors (Lipinski definition) is 0. The topological polar surface area (TPSA) is 0 Å². The Morgan fingerprint density at radius 3 is 1.29 bits per heavy atom. The van der Waals surface area contributed by atoms with E-state index in [-0.39, 0.29) is 0 Å². The fourth-order valence-corrected chi connectivity index (χ4v) is 6.76. The summed E-state index contributed by atoms with van der Waals surface area (Å²) in [7, 11) is 0. The van der Waals surface area contributed by atoms with E-state index in [1.807, 2.05) is 0 Å². The molecule has 3 aromatic rings. The van der Waals surface area contributed by atoms with Crippen LogP contribution in [-0.2, 0) is 19.3 Å². The molecule has 0 unspecified atom stereocenters. The van der Waals surface area contributed by atoms with E-state index in [4.69, 9.17) is 0 Å². The van der Waals surface area contributed by atoms with Crippen LogP contribution >= 0.6 is 34.0 Å². The molecule has 1 aliphatic rings. The first-order chi connectivity index (χ1) is 17.2. The van der Waals surface area contributed by atoms with Crippen molar-refractivity contribution in [1.82, 2.24) is 0 Å². The lowest BCUT2D eigenvalue weighted by Crippen LogP contribution is -2.17. The molecule has 0 radical (unpaired) electrons. The van der Waals surface area contributed by atoms with Crippen molar-refractivity contribution in [3.63, 3.8) is 0 Å². The largest absolute Gasteiger partial charge is 0.130 e. The van der Waals surface area contributed by atoms with Gasteiger partial charge in [-0.15, -0.1) is 34.0 Å². The van der Waals surface area contributed by atoms with E-state index in [0.29, 0.717) is 0 Å². The Bertz CT molecular complexity index is 1660. The molecule has 176 valence electrons. The van der Waals surface area contributed by atoms with Gasteiger partial charge in [0.05, 0.1) is 29.3 Å². The third-order valence-electron chi connectivity index (χ3n) is 5.74. The third-order valence-corrected chi connectivity index (χ3v) is 9.07. The molecule has 0 atom stereocenters. The smallest absolute Gasteiger partial charge is 0.0938 e. The first-order valence-corrected chi connectivity index (χ1v) is 15.1. The molecular formula is C32H30S3. The lowest BCUT2D eigenvalue weighted by Gasteiger charge is -1.90. The van der Waals surface area contributed by atoms with Gasteiger partial charge in [0.2, 0.25) is 0 Å². The molecule has 0 N–H and O–H groups in total. The standard InChI is InChI=1S/C32H30S3/c1-4-7-13-27-21-24-12-10-11-16-30-25(22-28(33-30)14-8-5-2)17-18-26-23-29(15-9-6-3)35-32(26)20-19-31(24)34-27/h21-23H,4-9,13-15H2,1-3H3. The van der Waals surface area contributed by atoms with Crippen LogP contribution in [0.15, 0.2) is 29.7 Å².